The van der Waals surface area contributed by atoms with Gasteiger partial charge in [0, 0.05) is 11.6 Å². The number of carbonyl (C=O) groups is 1. The number of benzene rings is 1. The molecule has 1 aromatic carbocycles. The van der Waals surface area contributed by atoms with Gasteiger partial charge in [-0.15, -0.1) is 0 Å². The van der Waals surface area contributed by atoms with E-state index in [0.29, 0.717) is 29.0 Å². The quantitative estimate of drug-likeness (QED) is 0.785. The molecule has 1 aliphatic rings. The van der Waals surface area contributed by atoms with Gasteiger partial charge in [-0.1, -0.05) is 13.3 Å². The van der Waals surface area contributed by atoms with E-state index in [9.17, 15) is 4.79 Å². The molecule has 0 aliphatic heterocycles. The first-order chi connectivity index (χ1) is 8.65. The van der Waals surface area contributed by atoms with E-state index in [1.54, 1.807) is 25.3 Å². The fourth-order valence-corrected chi connectivity index (χ4v) is 2.24. The summed E-state index contributed by atoms with van der Waals surface area (Å²) in [4.78, 5) is 12.0. The number of anilines is 1. The molecule has 4 nitrogen and oxygen atoms in total. The van der Waals surface area contributed by atoms with E-state index in [-0.39, 0.29) is 5.91 Å². The van der Waals surface area contributed by atoms with E-state index >= 15 is 0 Å². The van der Waals surface area contributed by atoms with Crippen LogP contribution < -0.4 is 15.8 Å². The zero-order chi connectivity index (χ0) is 13.1. The Morgan fingerprint density at radius 1 is 1.56 bits per heavy atom. The van der Waals surface area contributed by atoms with Crippen molar-refractivity contribution in [2.45, 2.75) is 32.2 Å². The molecule has 0 heterocycles. The van der Waals surface area contributed by atoms with Gasteiger partial charge in [-0.2, -0.15) is 0 Å². The first kappa shape index (κ1) is 12.7. The highest BCUT2D eigenvalue weighted by atomic mass is 16.5. The van der Waals surface area contributed by atoms with Crippen molar-refractivity contribution < 1.29 is 9.53 Å². The standard InChI is InChI=1S/C14H20N2O2/c1-3-4-9-8-12(9)16-14(17)10-5-6-13(18-2)11(15)7-10/h5-7,9,12H,3-4,8,15H2,1-2H3,(H,16,17). The number of ether oxygens (including phenoxy) is 1. The van der Waals surface area contributed by atoms with Crippen molar-refractivity contribution in [1.82, 2.24) is 5.32 Å². The minimum Gasteiger partial charge on any atom is -0.495 e. The van der Waals surface area contributed by atoms with Gasteiger partial charge in [-0.3, -0.25) is 4.79 Å². The van der Waals surface area contributed by atoms with Crippen molar-refractivity contribution in [1.29, 1.82) is 0 Å². The minimum atomic E-state index is -0.0482. The van der Waals surface area contributed by atoms with Gasteiger partial charge in [0.1, 0.15) is 5.75 Å². The zero-order valence-electron chi connectivity index (χ0n) is 10.9. The van der Waals surface area contributed by atoms with Crippen molar-refractivity contribution in [3.8, 4) is 5.75 Å². The van der Waals surface area contributed by atoms with Crippen LogP contribution in [-0.2, 0) is 0 Å². The molecule has 0 radical (unpaired) electrons. The largest absolute Gasteiger partial charge is 0.495 e. The summed E-state index contributed by atoms with van der Waals surface area (Å²) in [5.41, 5.74) is 6.87. The van der Waals surface area contributed by atoms with Crippen LogP contribution in [0.2, 0.25) is 0 Å². The van der Waals surface area contributed by atoms with Crippen LogP contribution in [0, 0.1) is 5.92 Å². The minimum absolute atomic E-state index is 0.0482. The van der Waals surface area contributed by atoms with Gasteiger partial charge in [-0.05, 0) is 37.0 Å². The van der Waals surface area contributed by atoms with Gasteiger partial charge in [0.2, 0.25) is 0 Å². The first-order valence-corrected chi connectivity index (χ1v) is 6.40. The Labute approximate surface area is 108 Å². The summed E-state index contributed by atoms with van der Waals surface area (Å²) in [6.45, 7) is 2.17. The highest BCUT2D eigenvalue weighted by Gasteiger charge is 2.37. The van der Waals surface area contributed by atoms with Crippen molar-refractivity contribution in [3.63, 3.8) is 0 Å². The molecular formula is C14H20N2O2. The van der Waals surface area contributed by atoms with Crippen LogP contribution in [0.4, 0.5) is 5.69 Å². The topological polar surface area (TPSA) is 64.3 Å². The van der Waals surface area contributed by atoms with Crippen molar-refractivity contribution in [2.75, 3.05) is 12.8 Å². The second-order valence-corrected chi connectivity index (χ2v) is 4.82. The highest BCUT2D eigenvalue weighted by Crippen LogP contribution is 2.34. The Morgan fingerprint density at radius 2 is 2.33 bits per heavy atom. The van der Waals surface area contributed by atoms with Gasteiger partial charge in [0.15, 0.2) is 0 Å². The highest BCUT2D eigenvalue weighted by molar-refractivity contribution is 5.95. The molecule has 1 aromatic rings. The molecule has 1 amide bonds. The average Bonchev–Trinajstić information content (AvgIpc) is 3.07. The molecule has 1 aliphatic carbocycles. The molecule has 2 atom stereocenters. The van der Waals surface area contributed by atoms with E-state index in [1.165, 1.54) is 12.8 Å². The van der Waals surface area contributed by atoms with Crippen LogP contribution in [0.15, 0.2) is 18.2 Å². The smallest absolute Gasteiger partial charge is 0.251 e. The van der Waals surface area contributed by atoms with Crippen LogP contribution in [-0.4, -0.2) is 19.1 Å². The van der Waals surface area contributed by atoms with Gasteiger partial charge < -0.3 is 15.8 Å². The zero-order valence-corrected chi connectivity index (χ0v) is 10.9. The number of carbonyl (C=O) groups excluding carboxylic acids is 1. The number of hydrogen-bond donors (Lipinski definition) is 2. The Balaban J connectivity index is 1.95. The number of rotatable bonds is 5. The summed E-state index contributed by atoms with van der Waals surface area (Å²) in [5, 5.41) is 3.03. The molecule has 18 heavy (non-hydrogen) atoms. The lowest BCUT2D eigenvalue weighted by Gasteiger charge is -2.08. The molecule has 0 saturated heterocycles. The lowest BCUT2D eigenvalue weighted by atomic mass is 10.1. The van der Waals surface area contributed by atoms with Crippen LogP contribution in [0.25, 0.3) is 0 Å². The number of amides is 1. The Morgan fingerprint density at radius 3 is 2.94 bits per heavy atom. The van der Waals surface area contributed by atoms with E-state index in [2.05, 4.69) is 12.2 Å². The lowest BCUT2D eigenvalue weighted by molar-refractivity contribution is 0.0949. The maximum Gasteiger partial charge on any atom is 0.251 e. The molecule has 2 rings (SSSR count). The molecule has 1 saturated carbocycles. The average molecular weight is 248 g/mol. The van der Waals surface area contributed by atoms with E-state index in [4.69, 9.17) is 10.5 Å². The van der Waals surface area contributed by atoms with Crippen LogP contribution >= 0.6 is 0 Å². The van der Waals surface area contributed by atoms with Gasteiger partial charge >= 0.3 is 0 Å². The summed E-state index contributed by atoms with van der Waals surface area (Å²) in [6.07, 6.45) is 3.47. The van der Waals surface area contributed by atoms with E-state index < -0.39 is 0 Å². The van der Waals surface area contributed by atoms with Crippen molar-refractivity contribution >= 4 is 11.6 Å². The monoisotopic (exact) mass is 248 g/mol. The Bertz CT molecular complexity index is 445. The Kier molecular flexibility index (Phi) is 3.75. The maximum atomic E-state index is 12.0. The molecule has 4 heteroatoms. The maximum absolute atomic E-state index is 12.0. The molecule has 1 fully saturated rings. The third-order valence-electron chi connectivity index (χ3n) is 3.39. The van der Waals surface area contributed by atoms with Gasteiger partial charge in [0.05, 0.1) is 12.8 Å². The molecule has 98 valence electrons. The number of hydrogen-bond acceptors (Lipinski definition) is 3. The summed E-state index contributed by atoms with van der Waals surface area (Å²) in [7, 11) is 1.56. The molecule has 3 N–H and O–H groups in total. The van der Waals surface area contributed by atoms with Crippen molar-refractivity contribution in [3.05, 3.63) is 23.8 Å². The number of nitrogens with one attached hydrogen (secondary N) is 1. The SMILES string of the molecule is CCCC1CC1NC(=O)c1ccc(OC)c(N)c1. The number of nitrogen functional groups attached to an aromatic ring is 1. The van der Waals surface area contributed by atoms with E-state index in [0.717, 1.165) is 6.42 Å². The molecule has 2 unspecified atom stereocenters. The van der Waals surface area contributed by atoms with Gasteiger partial charge in [-0.25, -0.2) is 0 Å². The fraction of sp³-hybridized carbons (Fsp3) is 0.500. The van der Waals surface area contributed by atoms with Gasteiger partial charge in [0.25, 0.3) is 5.91 Å². The molecule has 0 bridgehead atoms. The third-order valence-corrected chi connectivity index (χ3v) is 3.39. The summed E-state index contributed by atoms with van der Waals surface area (Å²) in [6, 6.07) is 5.47. The molecule has 0 aromatic heterocycles. The number of methoxy groups -OCH3 is 1. The molecule has 0 spiro atoms. The first-order valence-electron chi connectivity index (χ1n) is 6.40. The fourth-order valence-electron chi connectivity index (χ4n) is 2.24. The summed E-state index contributed by atoms with van der Waals surface area (Å²) >= 11 is 0. The van der Waals surface area contributed by atoms with Crippen LogP contribution in [0.3, 0.4) is 0 Å². The third kappa shape index (κ3) is 2.75. The summed E-state index contributed by atoms with van der Waals surface area (Å²) in [5.74, 6) is 1.21. The van der Waals surface area contributed by atoms with E-state index in [1.807, 2.05) is 0 Å². The second kappa shape index (κ2) is 5.29. The predicted octanol–water partition coefficient (Wildman–Crippen LogP) is 2.20. The molecular weight excluding hydrogens is 228 g/mol. The lowest BCUT2D eigenvalue weighted by Crippen LogP contribution is -2.26. The summed E-state index contributed by atoms with van der Waals surface area (Å²) < 4.78 is 5.07. The van der Waals surface area contributed by atoms with Crippen molar-refractivity contribution in [2.24, 2.45) is 5.92 Å². The number of nitrogens with two attached hydrogens (primary N) is 1. The van der Waals surface area contributed by atoms with Crippen LogP contribution in [0.1, 0.15) is 36.5 Å². The van der Waals surface area contributed by atoms with Crippen LogP contribution in [0.5, 0.6) is 5.75 Å². The predicted molar refractivity (Wildman–Crippen MR) is 71.7 cm³/mol. The second-order valence-electron chi connectivity index (χ2n) is 4.82. The Hall–Kier alpha value is -1.71. The normalized spacial score (nSPS) is 21.4.